The number of fused-ring (bicyclic) bond motifs is 1. The van der Waals surface area contributed by atoms with Gasteiger partial charge in [0, 0.05) is 23.9 Å². The third kappa shape index (κ3) is 2.36. The summed E-state index contributed by atoms with van der Waals surface area (Å²) in [5, 5.41) is 0.817. The van der Waals surface area contributed by atoms with Gasteiger partial charge in [-0.1, -0.05) is 6.92 Å². The Balaban J connectivity index is 2.55. The summed E-state index contributed by atoms with van der Waals surface area (Å²) in [6, 6.07) is 6.76. The molecule has 0 fully saturated rings. The first-order valence-electron chi connectivity index (χ1n) is 5.35. The molecular formula is C13H12O4. The largest absolute Gasteiger partial charge is 0.427 e. The van der Waals surface area contributed by atoms with E-state index in [4.69, 9.17) is 9.15 Å². The number of esters is 1. The molecule has 2 rings (SSSR count). The van der Waals surface area contributed by atoms with E-state index in [0.717, 1.165) is 5.39 Å². The van der Waals surface area contributed by atoms with Crippen molar-refractivity contribution in [2.24, 2.45) is 0 Å². The van der Waals surface area contributed by atoms with Crippen LogP contribution in [0.4, 0.5) is 0 Å². The highest BCUT2D eigenvalue weighted by molar-refractivity contribution is 5.79. The third-order valence-electron chi connectivity index (χ3n) is 2.42. The van der Waals surface area contributed by atoms with Crippen molar-refractivity contribution in [3.8, 4) is 5.75 Å². The normalized spacial score (nSPS) is 10.5. The van der Waals surface area contributed by atoms with Crippen LogP contribution in [-0.2, 0) is 11.2 Å². The SMILES string of the molecule is CCc1cc2ccc(OC(C)=O)cc2oc1=O. The highest BCUT2D eigenvalue weighted by Crippen LogP contribution is 2.20. The van der Waals surface area contributed by atoms with Gasteiger partial charge in [-0.3, -0.25) is 4.79 Å². The second kappa shape index (κ2) is 4.41. The molecule has 88 valence electrons. The molecule has 0 radical (unpaired) electrons. The third-order valence-corrected chi connectivity index (χ3v) is 2.42. The van der Waals surface area contributed by atoms with Gasteiger partial charge in [0.1, 0.15) is 11.3 Å². The zero-order valence-electron chi connectivity index (χ0n) is 9.65. The smallest absolute Gasteiger partial charge is 0.339 e. The number of hydrogen-bond acceptors (Lipinski definition) is 4. The van der Waals surface area contributed by atoms with Gasteiger partial charge in [0.25, 0.3) is 0 Å². The van der Waals surface area contributed by atoms with Crippen molar-refractivity contribution in [2.45, 2.75) is 20.3 Å². The maximum atomic E-state index is 11.5. The van der Waals surface area contributed by atoms with E-state index in [2.05, 4.69) is 0 Å². The van der Waals surface area contributed by atoms with E-state index < -0.39 is 5.97 Å². The Kier molecular flexibility index (Phi) is 2.95. The molecule has 1 aromatic heterocycles. The molecule has 0 amide bonds. The van der Waals surface area contributed by atoms with Gasteiger partial charge >= 0.3 is 11.6 Å². The van der Waals surface area contributed by atoms with Crippen molar-refractivity contribution >= 4 is 16.9 Å². The van der Waals surface area contributed by atoms with E-state index in [1.165, 1.54) is 13.0 Å². The Morgan fingerprint density at radius 3 is 2.76 bits per heavy atom. The van der Waals surface area contributed by atoms with Crippen molar-refractivity contribution in [3.63, 3.8) is 0 Å². The molecule has 0 unspecified atom stereocenters. The molecule has 0 atom stereocenters. The van der Waals surface area contributed by atoms with Gasteiger partial charge in [-0.05, 0) is 24.6 Å². The van der Waals surface area contributed by atoms with Crippen LogP contribution in [0.5, 0.6) is 5.75 Å². The van der Waals surface area contributed by atoms with E-state index in [1.807, 2.05) is 6.92 Å². The molecule has 2 aromatic rings. The summed E-state index contributed by atoms with van der Waals surface area (Å²) in [4.78, 5) is 22.3. The van der Waals surface area contributed by atoms with Gasteiger partial charge in [0.05, 0.1) is 0 Å². The molecule has 4 heteroatoms. The highest BCUT2D eigenvalue weighted by Gasteiger charge is 2.05. The molecule has 0 saturated carbocycles. The monoisotopic (exact) mass is 232 g/mol. The molecule has 1 aromatic carbocycles. The molecular weight excluding hydrogens is 220 g/mol. The molecule has 0 saturated heterocycles. The Labute approximate surface area is 97.8 Å². The number of hydrogen-bond donors (Lipinski definition) is 0. The van der Waals surface area contributed by atoms with E-state index >= 15 is 0 Å². The molecule has 17 heavy (non-hydrogen) atoms. The van der Waals surface area contributed by atoms with Gasteiger partial charge in [-0.25, -0.2) is 4.79 Å². The fraction of sp³-hybridized carbons (Fsp3) is 0.231. The second-order valence-corrected chi connectivity index (χ2v) is 3.71. The minimum absolute atomic E-state index is 0.347. The van der Waals surface area contributed by atoms with Gasteiger partial charge < -0.3 is 9.15 Å². The first kappa shape index (κ1) is 11.4. The molecule has 0 aliphatic carbocycles. The van der Waals surface area contributed by atoms with E-state index in [-0.39, 0.29) is 5.63 Å². The van der Waals surface area contributed by atoms with Crippen LogP contribution in [0.1, 0.15) is 19.4 Å². The minimum Gasteiger partial charge on any atom is -0.427 e. The molecule has 0 spiro atoms. The quantitative estimate of drug-likeness (QED) is 0.453. The van der Waals surface area contributed by atoms with Gasteiger partial charge in [0.2, 0.25) is 0 Å². The molecule has 0 bridgehead atoms. The van der Waals surface area contributed by atoms with Crippen molar-refractivity contribution in [1.82, 2.24) is 0 Å². The molecule has 1 heterocycles. The number of ether oxygens (including phenoxy) is 1. The van der Waals surface area contributed by atoms with Crippen LogP contribution >= 0.6 is 0 Å². The average Bonchev–Trinajstić information content (AvgIpc) is 2.27. The van der Waals surface area contributed by atoms with Crippen LogP contribution in [0.25, 0.3) is 11.0 Å². The standard InChI is InChI=1S/C13H12O4/c1-3-9-6-10-4-5-11(16-8(2)14)7-12(10)17-13(9)15/h4-7H,3H2,1-2H3. The molecule has 0 aliphatic rings. The average molecular weight is 232 g/mol. The lowest BCUT2D eigenvalue weighted by Crippen LogP contribution is -2.06. The fourth-order valence-corrected chi connectivity index (χ4v) is 1.61. The van der Waals surface area contributed by atoms with E-state index in [1.54, 1.807) is 18.2 Å². The number of aryl methyl sites for hydroxylation is 1. The molecule has 0 N–H and O–H groups in total. The Morgan fingerprint density at radius 1 is 1.35 bits per heavy atom. The summed E-state index contributed by atoms with van der Waals surface area (Å²) in [7, 11) is 0. The summed E-state index contributed by atoms with van der Waals surface area (Å²) in [6.07, 6.45) is 0.629. The zero-order chi connectivity index (χ0) is 12.4. The van der Waals surface area contributed by atoms with Crippen molar-refractivity contribution < 1.29 is 13.9 Å². The minimum atomic E-state index is -0.406. The molecule has 0 aliphatic heterocycles. The van der Waals surface area contributed by atoms with Gasteiger partial charge in [-0.2, -0.15) is 0 Å². The van der Waals surface area contributed by atoms with Crippen LogP contribution in [0, 0.1) is 0 Å². The summed E-state index contributed by atoms with van der Waals surface area (Å²) in [5.74, 6) is -0.0331. The van der Waals surface area contributed by atoms with Gasteiger partial charge in [-0.15, -0.1) is 0 Å². The van der Waals surface area contributed by atoms with E-state index in [0.29, 0.717) is 23.3 Å². The van der Waals surface area contributed by atoms with Crippen LogP contribution < -0.4 is 10.4 Å². The highest BCUT2D eigenvalue weighted by atomic mass is 16.5. The summed E-state index contributed by atoms with van der Waals surface area (Å²) >= 11 is 0. The van der Waals surface area contributed by atoms with Crippen LogP contribution in [-0.4, -0.2) is 5.97 Å². The Hall–Kier alpha value is -2.10. The summed E-state index contributed by atoms with van der Waals surface area (Å²) < 4.78 is 10.1. The van der Waals surface area contributed by atoms with Crippen LogP contribution in [0.3, 0.4) is 0 Å². The number of carbonyl (C=O) groups excluding carboxylic acids is 1. The lowest BCUT2D eigenvalue weighted by atomic mass is 10.1. The Bertz CT molecular complexity index is 625. The fourth-order valence-electron chi connectivity index (χ4n) is 1.61. The lowest BCUT2D eigenvalue weighted by molar-refractivity contribution is -0.131. The van der Waals surface area contributed by atoms with E-state index in [9.17, 15) is 9.59 Å². The first-order chi connectivity index (χ1) is 8.10. The maximum Gasteiger partial charge on any atom is 0.339 e. The second-order valence-electron chi connectivity index (χ2n) is 3.71. The maximum absolute atomic E-state index is 11.5. The summed E-state index contributed by atoms with van der Waals surface area (Å²) in [6.45, 7) is 3.21. The number of rotatable bonds is 2. The first-order valence-corrected chi connectivity index (χ1v) is 5.35. The topological polar surface area (TPSA) is 56.5 Å². The van der Waals surface area contributed by atoms with Crippen molar-refractivity contribution in [1.29, 1.82) is 0 Å². The van der Waals surface area contributed by atoms with Gasteiger partial charge in [0.15, 0.2) is 0 Å². The number of benzene rings is 1. The van der Waals surface area contributed by atoms with Crippen LogP contribution in [0.15, 0.2) is 33.5 Å². The van der Waals surface area contributed by atoms with Crippen LogP contribution in [0.2, 0.25) is 0 Å². The Morgan fingerprint density at radius 2 is 2.12 bits per heavy atom. The number of carbonyl (C=O) groups is 1. The lowest BCUT2D eigenvalue weighted by Gasteiger charge is -2.03. The zero-order valence-corrected chi connectivity index (χ0v) is 9.65. The molecule has 4 nitrogen and oxygen atoms in total. The van der Waals surface area contributed by atoms with Crippen molar-refractivity contribution in [3.05, 3.63) is 40.2 Å². The summed E-state index contributed by atoms with van der Waals surface area (Å²) in [5.41, 5.74) is 0.712. The van der Waals surface area contributed by atoms with Crippen molar-refractivity contribution in [2.75, 3.05) is 0 Å². The predicted octanol–water partition coefficient (Wildman–Crippen LogP) is 2.28. The predicted molar refractivity (Wildman–Crippen MR) is 63.2 cm³/mol.